The van der Waals surface area contributed by atoms with Gasteiger partial charge >= 0.3 is 5.97 Å². The van der Waals surface area contributed by atoms with Gasteiger partial charge in [0.05, 0.1) is 23.8 Å². The lowest BCUT2D eigenvalue weighted by Crippen LogP contribution is -2.60. The van der Waals surface area contributed by atoms with E-state index in [9.17, 15) is 42.3 Å². The number of benzene rings is 1. The number of fused-ring (bicyclic) bond motifs is 2. The molecule has 3 heterocycles. The summed E-state index contributed by atoms with van der Waals surface area (Å²) in [5.74, 6) is -4.82. The number of nitrogens with zero attached hydrogens (tertiary/aromatic N) is 3. The number of amides is 6. The lowest BCUT2D eigenvalue weighted by molar-refractivity contribution is -0.145. The standard InChI is InChI=1S/C45H58F2N6O8/c1-44(2,3)28(23-53-40(57)29-17-18-48-22-30(29)41(53)58)20-34(54)51-36(26-10-8-7-9-11-26)42(59)52-24-31-35(45(31,4)5)37(52)39(56)50-32(21-33(46)47)38(55)49-19-16-25-12-14-27(15-13-25)43(60)61-6/h12-15,17-18,22,26,28,31-33,35-37H,7-11,16,19-21,23-24H2,1-6H3,(H,49,55)(H,50,56)(H,51,54)/t28-,31+,32+,35+,36+,37+/m1/s1. The quantitative estimate of drug-likeness (QED) is 0.161. The highest BCUT2D eigenvalue weighted by Crippen LogP contribution is 2.65. The minimum atomic E-state index is -2.91. The summed E-state index contributed by atoms with van der Waals surface area (Å²) in [4.78, 5) is 101. The molecule has 1 aromatic carbocycles. The summed E-state index contributed by atoms with van der Waals surface area (Å²) in [5.41, 5.74) is 0.740. The van der Waals surface area contributed by atoms with Gasteiger partial charge < -0.3 is 25.6 Å². The molecule has 1 saturated heterocycles. The zero-order chi connectivity index (χ0) is 44.4. The Hall–Kier alpha value is -5.28. The van der Waals surface area contributed by atoms with E-state index in [4.69, 9.17) is 4.74 Å². The van der Waals surface area contributed by atoms with E-state index in [1.165, 1.54) is 30.5 Å². The number of hydrogen-bond acceptors (Lipinski definition) is 9. The first-order valence-electron chi connectivity index (χ1n) is 21.3. The van der Waals surface area contributed by atoms with E-state index in [2.05, 4.69) is 20.9 Å². The van der Waals surface area contributed by atoms with Crippen molar-refractivity contribution in [3.05, 3.63) is 65.0 Å². The van der Waals surface area contributed by atoms with Crippen LogP contribution in [0.15, 0.2) is 42.7 Å². The fourth-order valence-electron chi connectivity index (χ4n) is 9.51. The smallest absolute Gasteiger partial charge is 0.337 e. The summed E-state index contributed by atoms with van der Waals surface area (Å²) in [7, 11) is 1.27. The van der Waals surface area contributed by atoms with Crippen molar-refractivity contribution in [3.8, 4) is 0 Å². The topological polar surface area (TPSA) is 184 Å². The number of hydrogen-bond donors (Lipinski definition) is 3. The Morgan fingerprint density at radius 3 is 2.25 bits per heavy atom. The number of likely N-dealkylation sites (tertiary alicyclic amines) is 1. The number of rotatable bonds is 16. The maximum absolute atomic E-state index is 14.8. The fraction of sp³-hybridized carbons (Fsp3) is 0.600. The van der Waals surface area contributed by atoms with Crippen molar-refractivity contribution in [1.29, 1.82) is 0 Å². The molecule has 61 heavy (non-hydrogen) atoms. The van der Waals surface area contributed by atoms with Crippen LogP contribution in [0.3, 0.4) is 0 Å². The van der Waals surface area contributed by atoms with Crippen molar-refractivity contribution in [2.45, 2.75) is 111 Å². The average Bonchev–Trinajstić information content (AvgIpc) is 3.46. The van der Waals surface area contributed by atoms with Crippen LogP contribution in [0.1, 0.15) is 116 Å². The minimum Gasteiger partial charge on any atom is -0.465 e. The van der Waals surface area contributed by atoms with Crippen LogP contribution in [0, 0.1) is 34.5 Å². The van der Waals surface area contributed by atoms with Crippen molar-refractivity contribution >= 4 is 41.4 Å². The van der Waals surface area contributed by atoms with Gasteiger partial charge in [-0.3, -0.25) is 38.7 Å². The number of aromatic nitrogens is 1. The van der Waals surface area contributed by atoms with E-state index >= 15 is 0 Å². The van der Waals surface area contributed by atoms with Crippen molar-refractivity contribution in [1.82, 2.24) is 30.7 Å². The van der Waals surface area contributed by atoms with E-state index in [1.54, 1.807) is 24.3 Å². The molecule has 2 aliphatic carbocycles. The molecular formula is C45H58F2N6O8. The van der Waals surface area contributed by atoms with E-state index in [-0.39, 0.29) is 60.4 Å². The highest BCUT2D eigenvalue weighted by atomic mass is 19.3. The van der Waals surface area contributed by atoms with Crippen LogP contribution in [0.5, 0.6) is 0 Å². The molecule has 0 spiro atoms. The number of ether oxygens (including phenoxy) is 1. The van der Waals surface area contributed by atoms with Crippen LogP contribution in [-0.2, 0) is 30.3 Å². The molecule has 4 aliphatic rings. The summed E-state index contributed by atoms with van der Waals surface area (Å²) < 4.78 is 32.5. The van der Waals surface area contributed by atoms with Crippen LogP contribution >= 0.6 is 0 Å². The minimum absolute atomic E-state index is 0.0182. The molecule has 14 nitrogen and oxygen atoms in total. The number of imide groups is 1. The summed E-state index contributed by atoms with van der Waals surface area (Å²) >= 11 is 0. The van der Waals surface area contributed by atoms with Gasteiger partial charge in [-0.25, -0.2) is 13.6 Å². The summed E-state index contributed by atoms with van der Waals surface area (Å²) in [6.07, 6.45) is 3.25. The second-order valence-corrected chi connectivity index (χ2v) is 18.7. The Balaban J connectivity index is 1.15. The second-order valence-electron chi connectivity index (χ2n) is 18.7. The molecule has 330 valence electrons. The van der Waals surface area contributed by atoms with Crippen molar-refractivity contribution < 1.29 is 47.1 Å². The Kier molecular flexibility index (Phi) is 13.6. The first-order chi connectivity index (χ1) is 28.8. The second kappa shape index (κ2) is 18.4. The third-order valence-corrected chi connectivity index (χ3v) is 13.4. The van der Waals surface area contributed by atoms with Gasteiger partial charge in [0.15, 0.2) is 0 Å². The number of esters is 1. The molecule has 2 aliphatic heterocycles. The van der Waals surface area contributed by atoms with Crippen molar-refractivity contribution in [2.75, 3.05) is 26.7 Å². The molecule has 16 heteroatoms. The maximum Gasteiger partial charge on any atom is 0.337 e. The molecule has 1 aromatic heterocycles. The number of carbonyl (C=O) groups is 7. The Morgan fingerprint density at radius 2 is 1.62 bits per heavy atom. The largest absolute Gasteiger partial charge is 0.465 e. The number of carbonyl (C=O) groups excluding carboxylic acids is 7. The maximum atomic E-state index is 14.8. The van der Waals surface area contributed by atoms with Crippen molar-refractivity contribution in [3.63, 3.8) is 0 Å². The highest BCUT2D eigenvalue weighted by molar-refractivity contribution is 6.21. The molecule has 6 amide bonds. The summed E-state index contributed by atoms with van der Waals surface area (Å²) in [6.45, 7) is 10.0. The third-order valence-electron chi connectivity index (χ3n) is 13.4. The van der Waals surface area contributed by atoms with Crippen LogP contribution < -0.4 is 16.0 Å². The van der Waals surface area contributed by atoms with Gasteiger partial charge in [0.1, 0.15) is 18.1 Å². The predicted molar refractivity (Wildman–Crippen MR) is 219 cm³/mol. The van der Waals surface area contributed by atoms with Gasteiger partial charge in [-0.1, -0.05) is 66.0 Å². The SMILES string of the molecule is COC(=O)c1ccc(CCNC(=O)[C@H](CC(F)F)NC(=O)[C@@H]2[C@@H]3[C@H](CN2C(=O)[C@@H](NC(=O)C[C@H](CN2C(=O)c4ccncc4C2=O)C(C)(C)C)C2CCCCC2)C3(C)C)cc1. The van der Waals surface area contributed by atoms with Crippen LogP contribution in [0.2, 0.25) is 0 Å². The lowest BCUT2D eigenvalue weighted by Gasteiger charge is -2.38. The number of pyridine rings is 1. The van der Waals surface area contributed by atoms with E-state index in [0.717, 1.165) is 29.7 Å². The molecule has 2 saturated carbocycles. The van der Waals surface area contributed by atoms with Gasteiger partial charge in [-0.15, -0.1) is 0 Å². The van der Waals surface area contributed by atoms with Crippen LogP contribution in [0.25, 0.3) is 0 Å². The van der Waals surface area contributed by atoms with Gasteiger partial charge in [-0.2, -0.15) is 0 Å². The fourth-order valence-corrected chi connectivity index (χ4v) is 9.51. The van der Waals surface area contributed by atoms with Gasteiger partial charge in [0.25, 0.3) is 11.8 Å². The first-order valence-corrected chi connectivity index (χ1v) is 21.3. The molecule has 6 atom stereocenters. The summed E-state index contributed by atoms with van der Waals surface area (Å²) in [6, 6.07) is 4.44. The molecule has 3 fully saturated rings. The number of nitrogens with one attached hydrogen (secondary N) is 3. The number of piperidine rings is 1. The van der Waals surface area contributed by atoms with Crippen LogP contribution in [0.4, 0.5) is 8.78 Å². The van der Waals surface area contributed by atoms with E-state index in [1.807, 2.05) is 34.6 Å². The van der Waals surface area contributed by atoms with Gasteiger partial charge in [0.2, 0.25) is 30.1 Å². The summed E-state index contributed by atoms with van der Waals surface area (Å²) in [5, 5.41) is 8.24. The number of halogens is 2. The molecule has 0 unspecified atom stereocenters. The average molecular weight is 849 g/mol. The molecular weight excluding hydrogens is 791 g/mol. The lowest BCUT2D eigenvalue weighted by atomic mass is 9.77. The van der Waals surface area contributed by atoms with E-state index < -0.39 is 83.7 Å². The van der Waals surface area contributed by atoms with Gasteiger partial charge in [0, 0.05) is 44.9 Å². The van der Waals surface area contributed by atoms with Crippen molar-refractivity contribution in [2.24, 2.45) is 34.5 Å². The molecule has 2 aromatic rings. The first kappa shape index (κ1) is 45.3. The molecule has 3 N–H and O–H groups in total. The van der Waals surface area contributed by atoms with E-state index in [0.29, 0.717) is 24.8 Å². The Labute approximate surface area is 355 Å². The zero-order valence-corrected chi connectivity index (χ0v) is 35.8. The molecule has 0 bridgehead atoms. The third kappa shape index (κ3) is 9.94. The number of methoxy groups -OCH3 is 1. The predicted octanol–water partition coefficient (Wildman–Crippen LogP) is 4.56. The Morgan fingerprint density at radius 1 is 0.951 bits per heavy atom. The zero-order valence-electron chi connectivity index (χ0n) is 35.8. The number of alkyl halides is 2. The highest BCUT2D eigenvalue weighted by Gasteiger charge is 2.69. The molecule has 0 radical (unpaired) electrons. The monoisotopic (exact) mass is 848 g/mol. The normalized spacial score (nSPS) is 22.2. The molecule has 6 rings (SSSR count). The van der Waals surface area contributed by atoms with Crippen LogP contribution in [-0.4, -0.2) is 107 Å². The Bertz CT molecular complexity index is 1980. The van der Waals surface area contributed by atoms with Gasteiger partial charge in [-0.05, 0) is 77.5 Å².